The molecule has 0 fully saturated rings. The summed E-state index contributed by atoms with van der Waals surface area (Å²) in [6, 6.07) is 13.3. The molecular formula is C17H20FNO. The maximum absolute atomic E-state index is 13.2. The van der Waals surface area contributed by atoms with Gasteiger partial charge >= 0.3 is 0 Å². The van der Waals surface area contributed by atoms with E-state index >= 15 is 0 Å². The highest BCUT2D eigenvalue weighted by atomic mass is 19.1. The number of rotatable bonds is 6. The number of benzene rings is 2. The first-order chi connectivity index (χ1) is 9.69. The van der Waals surface area contributed by atoms with E-state index in [2.05, 4.69) is 17.4 Å². The topological polar surface area (TPSA) is 32.3 Å². The van der Waals surface area contributed by atoms with E-state index in [0.29, 0.717) is 12.1 Å². The fourth-order valence-electron chi connectivity index (χ4n) is 2.14. The summed E-state index contributed by atoms with van der Waals surface area (Å²) in [4.78, 5) is 0. The smallest absolute Gasteiger partial charge is 0.126 e. The van der Waals surface area contributed by atoms with Crippen LogP contribution in [-0.4, -0.2) is 11.7 Å². The van der Waals surface area contributed by atoms with Crippen LogP contribution in [0.15, 0.2) is 42.5 Å². The molecule has 0 bridgehead atoms. The van der Waals surface area contributed by atoms with Crippen molar-refractivity contribution in [2.24, 2.45) is 0 Å². The molecular weight excluding hydrogens is 253 g/mol. The molecule has 0 amide bonds. The maximum atomic E-state index is 13.2. The van der Waals surface area contributed by atoms with Gasteiger partial charge in [-0.05, 0) is 54.7 Å². The molecule has 0 spiro atoms. The molecule has 0 heterocycles. The second-order valence-electron chi connectivity index (χ2n) is 4.96. The number of hydrogen-bond donors (Lipinski definition) is 2. The Balaban J connectivity index is 1.97. The number of nitrogens with one attached hydrogen (secondary N) is 1. The lowest BCUT2D eigenvalue weighted by molar-refractivity contribution is 0.288. The summed E-state index contributed by atoms with van der Waals surface area (Å²) in [5.41, 5.74) is 3.98. The van der Waals surface area contributed by atoms with Crippen LogP contribution in [0.5, 0.6) is 0 Å². The Labute approximate surface area is 119 Å². The van der Waals surface area contributed by atoms with Crippen molar-refractivity contribution in [1.82, 2.24) is 0 Å². The highest BCUT2D eigenvalue weighted by Gasteiger charge is 2.00. The average Bonchev–Trinajstić information content (AvgIpc) is 2.47. The van der Waals surface area contributed by atoms with E-state index in [4.69, 9.17) is 5.11 Å². The van der Waals surface area contributed by atoms with Gasteiger partial charge in [0.15, 0.2) is 0 Å². The normalized spacial score (nSPS) is 10.6. The second-order valence-corrected chi connectivity index (χ2v) is 4.96. The standard InChI is InChI=1S/C17H20FNO/c1-13-10-15(7-8-17(13)18)12-19-16-6-2-4-14(11-16)5-3-9-20/h2,4,6-8,10-11,19-20H,3,5,9,12H2,1H3. The van der Waals surface area contributed by atoms with E-state index < -0.39 is 0 Å². The lowest BCUT2D eigenvalue weighted by Crippen LogP contribution is -2.01. The van der Waals surface area contributed by atoms with E-state index in [1.165, 1.54) is 11.6 Å². The van der Waals surface area contributed by atoms with Crippen molar-refractivity contribution in [2.45, 2.75) is 26.3 Å². The molecule has 2 aromatic carbocycles. The van der Waals surface area contributed by atoms with E-state index in [1.807, 2.05) is 18.2 Å². The predicted octanol–water partition coefficient (Wildman–Crippen LogP) is 3.67. The minimum Gasteiger partial charge on any atom is -0.396 e. The summed E-state index contributed by atoms with van der Waals surface area (Å²) in [7, 11) is 0. The van der Waals surface area contributed by atoms with Crippen LogP contribution in [0.25, 0.3) is 0 Å². The molecule has 0 aliphatic heterocycles. The molecule has 0 radical (unpaired) electrons. The largest absolute Gasteiger partial charge is 0.396 e. The Morgan fingerprint density at radius 2 is 1.95 bits per heavy atom. The lowest BCUT2D eigenvalue weighted by atomic mass is 10.1. The third-order valence-corrected chi connectivity index (χ3v) is 3.27. The van der Waals surface area contributed by atoms with Gasteiger partial charge in [0.1, 0.15) is 5.82 Å². The molecule has 20 heavy (non-hydrogen) atoms. The van der Waals surface area contributed by atoms with Crippen molar-refractivity contribution in [3.8, 4) is 0 Å². The molecule has 0 saturated heterocycles. The molecule has 0 saturated carbocycles. The average molecular weight is 273 g/mol. The second kappa shape index (κ2) is 7.06. The summed E-state index contributed by atoms with van der Waals surface area (Å²) >= 11 is 0. The first kappa shape index (κ1) is 14.5. The van der Waals surface area contributed by atoms with Gasteiger partial charge in [-0.2, -0.15) is 0 Å². The van der Waals surface area contributed by atoms with Gasteiger partial charge in [0, 0.05) is 18.8 Å². The molecule has 106 valence electrons. The zero-order valence-corrected chi connectivity index (χ0v) is 11.7. The Hall–Kier alpha value is -1.87. The van der Waals surface area contributed by atoms with Gasteiger partial charge in [-0.15, -0.1) is 0 Å². The Kier molecular flexibility index (Phi) is 5.13. The zero-order valence-electron chi connectivity index (χ0n) is 11.7. The van der Waals surface area contributed by atoms with Crippen molar-refractivity contribution >= 4 is 5.69 Å². The third-order valence-electron chi connectivity index (χ3n) is 3.27. The summed E-state index contributed by atoms with van der Waals surface area (Å²) in [5.74, 6) is -0.167. The van der Waals surface area contributed by atoms with Crippen LogP contribution < -0.4 is 5.32 Å². The monoisotopic (exact) mass is 273 g/mol. The van der Waals surface area contributed by atoms with Crippen LogP contribution in [0, 0.1) is 12.7 Å². The van der Waals surface area contributed by atoms with E-state index in [9.17, 15) is 4.39 Å². The Morgan fingerprint density at radius 3 is 2.70 bits per heavy atom. The maximum Gasteiger partial charge on any atom is 0.126 e. The van der Waals surface area contributed by atoms with Gasteiger partial charge in [0.2, 0.25) is 0 Å². The first-order valence-corrected chi connectivity index (χ1v) is 6.88. The van der Waals surface area contributed by atoms with Crippen LogP contribution in [-0.2, 0) is 13.0 Å². The van der Waals surface area contributed by atoms with Crippen LogP contribution in [0.4, 0.5) is 10.1 Å². The number of aliphatic hydroxyl groups excluding tert-OH is 1. The van der Waals surface area contributed by atoms with Gasteiger partial charge in [-0.3, -0.25) is 0 Å². The molecule has 2 nitrogen and oxygen atoms in total. The number of aryl methyl sites for hydroxylation is 2. The van der Waals surface area contributed by atoms with Crippen molar-refractivity contribution in [3.63, 3.8) is 0 Å². The van der Waals surface area contributed by atoms with Gasteiger partial charge in [-0.25, -0.2) is 4.39 Å². The number of aliphatic hydroxyl groups is 1. The number of halogens is 1. The SMILES string of the molecule is Cc1cc(CNc2cccc(CCCO)c2)ccc1F. The molecule has 0 aliphatic rings. The van der Waals surface area contributed by atoms with Gasteiger partial charge in [-0.1, -0.05) is 24.3 Å². The molecule has 3 heteroatoms. The summed E-state index contributed by atoms with van der Waals surface area (Å²) in [6.45, 7) is 2.66. The minimum absolute atomic E-state index is 0.167. The van der Waals surface area contributed by atoms with Gasteiger partial charge in [0.25, 0.3) is 0 Å². The van der Waals surface area contributed by atoms with E-state index in [0.717, 1.165) is 24.1 Å². The first-order valence-electron chi connectivity index (χ1n) is 6.88. The molecule has 0 atom stereocenters. The summed E-state index contributed by atoms with van der Waals surface area (Å²) in [5, 5.41) is 12.2. The van der Waals surface area contributed by atoms with Crippen LogP contribution in [0.1, 0.15) is 23.1 Å². The molecule has 0 unspecified atom stereocenters. The molecule has 2 rings (SSSR count). The zero-order chi connectivity index (χ0) is 14.4. The van der Waals surface area contributed by atoms with Crippen LogP contribution in [0.3, 0.4) is 0 Å². The van der Waals surface area contributed by atoms with Crippen molar-refractivity contribution in [1.29, 1.82) is 0 Å². The fraction of sp³-hybridized carbons (Fsp3) is 0.294. The van der Waals surface area contributed by atoms with Crippen molar-refractivity contribution < 1.29 is 9.50 Å². The fourth-order valence-corrected chi connectivity index (χ4v) is 2.14. The van der Waals surface area contributed by atoms with Crippen molar-refractivity contribution in [3.05, 3.63) is 65.0 Å². The van der Waals surface area contributed by atoms with Crippen LogP contribution >= 0.6 is 0 Å². The van der Waals surface area contributed by atoms with Gasteiger partial charge < -0.3 is 10.4 Å². The van der Waals surface area contributed by atoms with Crippen LogP contribution in [0.2, 0.25) is 0 Å². The summed E-state index contributed by atoms with van der Waals surface area (Å²) < 4.78 is 13.2. The van der Waals surface area contributed by atoms with E-state index in [1.54, 1.807) is 13.0 Å². The number of hydrogen-bond acceptors (Lipinski definition) is 2. The molecule has 0 aliphatic carbocycles. The lowest BCUT2D eigenvalue weighted by Gasteiger charge is -2.09. The Morgan fingerprint density at radius 1 is 1.10 bits per heavy atom. The Bertz CT molecular complexity index is 569. The van der Waals surface area contributed by atoms with E-state index in [-0.39, 0.29) is 12.4 Å². The minimum atomic E-state index is -0.167. The quantitative estimate of drug-likeness (QED) is 0.841. The van der Waals surface area contributed by atoms with Crippen molar-refractivity contribution in [2.75, 3.05) is 11.9 Å². The molecule has 0 aromatic heterocycles. The number of anilines is 1. The predicted molar refractivity (Wildman–Crippen MR) is 80.3 cm³/mol. The summed E-state index contributed by atoms with van der Waals surface area (Å²) in [6.07, 6.45) is 1.66. The van der Waals surface area contributed by atoms with Gasteiger partial charge in [0.05, 0.1) is 0 Å². The highest BCUT2D eigenvalue weighted by molar-refractivity contribution is 5.46. The molecule has 2 aromatic rings. The highest BCUT2D eigenvalue weighted by Crippen LogP contribution is 2.15. The molecule has 2 N–H and O–H groups in total. The third kappa shape index (κ3) is 4.07.